The zero-order chi connectivity index (χ0) is 13.3. The number of aryl methyl sites for hydroxylation is 1. The second-order valence-corrected chi connectivity index (χ2v) is 5.24. The number of hydrogen-bond donors (Lipinski definition) is 0. The highest BCUT2D eigenvalue weighted by atomic mass is 79.9. The molecule has 1 heterocycles. The largest absolute Gasteiger partial charge is 0.469 e. The van der Waals surface area contributed by atoms with Crippen LogP contribution in [-0.2, 0) is 14.3 Å². The number of esters is 1. The maximum atomic E-state index is 12.0. The molecule has 18 heavy (non-hydrogen) atoms. The van der Waals surface area contributed by atoms with E-state index in [1.165, 1.54) is 7.11 Å². The average Bonchev–Trinajstić information content (AvgIpc) is 2.73. The average molecular weight is 312 g/mol. The molecule has 1 fully saturated rings. The van der Waals surface area contributed by atoms with Crippen LogP contribution in [0.5, 0.6) is 0 Å². The molecule has 1 atom stereocenters. The lowest BCUT2D eigenvalue weighted by Gasteiger charge is -2.18. The van der Waals surface area contributed by atoms with E-state index in [1.807, 2.05) is 25.1 Å². The fourth-order valence-corrected chi connectivity index (χ4v) is 2.56. The number of halogens is 1. The minimum atomic E-state index is -0.366. The van der Waals surface area contributed by atoms with Gasteiger partial charge in [-0.25, -0.2) is 0 Å². The third-order valence-electron chi connectivity index (χ3n) is 3.05. The highest BCUT2D eigenvalue weighted by Gasteiger charge is 2.36. The van der Waals surface area contributed by atoms with Crippen molar-refractivity contribution < 1.29 is 14.3 Å². The fraction of sp³-hybridized carbons (Fsp3) is 0.385. The van der Waals surface area contributed by atoms with E-state index in [4.69, 9.17) is 4.74 Å². The van der Waals surface area contributed by atoms with Gasteiger partial charge in [0, 0.05) is 17.4 Å². The number of nitrogens with zero attached hydrogens (tertiary/aromatic N) is 1. The quantitative estimate of drug-likeness (QED) is 0.787. The lowest BCUT2D eigenvalue weighted by Crippen LogP contribution is -2.26. The summed E-state index contributed by atoms with van der Waals surface area (Å²) in [4.78, 5) is 25.1. The molecule has 0 aliphatic carbocycles. The summed E-state index contributed by atoms with van der Waals surface area (Å²) in [7, 11) is 1.35. The van der Waals surface area contributed by atoms with Gasteiger partial charge in [0.05, 0.1) is 18.7 Å². The molecule has 0 saturated carbocycles. The second kappa shape index (κ2) is 5.10. The molecule has 1 amide bonds. The SMILES string of the molecule is COC(=O)C1CC(=O)N(c2cc(C)ccc2Br)C1. The van der Waals surface area contributed by atoms with Gasteiger partial charge in [-0.15, -0.1) is 0 Å². The van der Waals surface area contributed by atoms with E-state index >= 15 is 0 Å². The summed E-state index contributed by atoms with van der Waals surface area (Å²) < 4.78 is 5.54. The van der Waals surface area contributed by atoms with E-state index in [2.05, 4.69) is 15.9 Å². The zero-order valence-electron chi connectivity index (χ0n) is 10.3. The molecule has 96 valence electrons. The summed E-state index contributed by atoms with van der Waals surface area (Å²) >= 11 is 3.43. The molecule has 0 bridgehead atoms. The lowest BCUT2D eigenvalue weighted by molar-refractivity contribution is -0.145. The van der Waals surface area contributed by atoms with Gasteiger partial charge in [0.1, 0.15) is 0 Å². The van der Waals surface area contributed by atoms with Crippen LogP contribution in [0.25, 0.3) is 0 Å². The van der Waals surface area contributed by atoms with Gasteiger partial charge in [-0.05, 0) is 40.5 Å². The standard InChI is InChI=1S/C13H14BrNO3/c1-8-3-4-10(14)11(5-8)15-7-9(6-12(15)16)13(17)18-2/h3-5,9H,6-7H2,1-2H3. The molecule has 0 radical (unpaired) electrons. The van der Waals surface area contributed by atoms with Gasteiger partial charge >= 0.3 is 5.97 Å². The van der Waals surface area contributed by atoms with E-state index in [1.54, 1.807) is 4.90 Å². The Morgan fingerprint density at radius 1 is 1.50 bits per heavy atom. The molecule has 1 unspecified atom stereocenters. The molecular weight excluding hydrogens is 298 g/mol. The normalized spacial score (nSPS) is 19.2. The third-order valence-corrected chi connectivity index (χ3v) is 3.72. The van der Waals surface area contributed by atoms with Crippen molar-refractivity contribution in [2.45, 2.75) is 13.3 Å². The molecular formula is C13H14BrNO3. The molecule has 0 spiro atoms. The Bertz CT molecular complexity index is 501. The Hall–Kier alpha value is -1.36. The number of anilines is 1. The maximum absolute atomic E-state index is 12.0. The molecule has 1 aromatic carbocycles. The van der Waals surface area contributed by atoms with Crippen molar-refractivity contribution in [3.63, 3.8) is 0 Å². The van der Waals surface area contributed by atoms with Crippen molar-refractivity contribution in [3.8, 4) is 0 Å². The smallest absolute Gasteiger partial charge is 0.311 e. The zero-order valence-corrected chi connectivity index (χ0v) is 11.9. The molecule has 4 nitrogen and oxygen atoms in total. The number of hydrogen-bond acceptors (Lipinski definition) is 3. The van der Waals surface area contributed by atoms with Gasteiger partial charge in [0.25, 0.3) is 0 Å². The number of carbonyl (C=O) groups is 2. The van der Waals surface area contributed by atoms with E-state index < -0.39 is 0 Å². The summed E-state index contributed by atoms with van der Waals surface area (Å²) in [5, 5.41) is 0. The topological polar surface area (TPSA) is 46.6 Å². The second-order valence-electron chi connectivity index (χ2n) is 4.38. The van der Waals surface area contributed by atoms with Gasteiger partial charge in [0.2, 0.25) is 5.91 Å². The molecule has 0 aromatic heterocycles. The van der Waals surface area contributed by atoms with Crippen LogP contribution in [0, 0.1) is 12.8 Å². The Morgan fingerprint density at radius 3 is 2.89 bits per heavy atom. The van der Waals surface area contributed by atoms with Crippen LogP contribution in [0.2, 0.25) is 0 Å². The predicted octanol–water partition coefficient (Wildman–Crippen LogP) is 2.28. The molecule has 2 rings (SSSR count). The summed E-state index contributed by atoms with van der Waals surface area (Å²) in [6, 6.07) is 5.80. The number of methoxy groups -OCH3 is 1. The first-order valence-electron chi connectivity index (χ1n) is 5.67. The number of amides is 1. The Kier molecular flexibility index (Phi) is 3.71. The minimum Gasteiger partial charge on any atom is -0.469 e. The van der Waals surface area contributed by atoms with E-state index in [-0.39, 0.29) is 24.2 Å². The van der Waals surface area contributed by atoms with E-state index in [0.717, 1.165) is 15.7 Å². The Labute approximate surface area is 114 Å². The third kappa shape index (κ3) is 2.41. The highest BCUT2D eigenvalue weighted by molar-refractivity contribution is 9.10. The van der Waals surface area contributed by atoms with Gasteiger partial charge in [0.15, 0.2) is 0 Å². The first-order valence-corrected chi connectivity index (χ1v) is 6.46. The van der Waals surface area contributed by atoms with Crippen LogP contribution in [-0.4, -0.2) is 25.5 Å². The van der Waals surface area contributed by atoms with Crippen molar-refractivity contribution >= 4 is 33.5 Å². The summed E-state index contributed by atoms with van der Waals surface area (Å²) in [6.07, 6.45) is 0.215. The van der Waals surface area contributed by atoms with Gasteiger partial charge in [-0.3, -0.25) is 9.59 Å². The fourth-order valence-electron chi connectivity index (χ4n) is 2.09. The highest BCUT2D eigenvalue weighted by Crippen LogP contribution is 2.32. The number of rotatable bonds is 2. The molecule has 1 aromatic rings. The first-order chi connectivity index (χ1) is 8.52. The van der Waals surface area contributed by atoms with Crippen molar-refractivity contribution in [2.24, 2.45) is 5.92 Å². The summed E-state index contributed by atoms with van der Waals surface area (Å²) in [6.45, 7) is 2.35. The summed E-state index contributed by atoms with van der Waals surface area (Å²) in [5.74, 6) is -0.735. The van der Waals surface area contributed by atoms with Crippen LogP contribution < -0.4 is 4.90 Å². The van der Waals surface area contributed by atoms with Crippen LogP contribution >= 0.6 is 15.9 Å². The van der Waals surface area contributed by atoms with Gasteiger partial charge in [-0.1, -0.05) is 6.07 Å². The van der Waals surface area contributed by atoms with Crippen LogP contribution in [0.15, 0.2) is 22.7 Å². The number of benzene rings is 1. The Morgan fingerprint density at radius 2 is 2.22 bits per heavy atom. The van der Waals surface area contributed by atoms with Crippen LogP contribution in [0.1, 0.15) is 12.0 Å². The number of carbonyl (C=O) groups excluding carboxylic acids is 2. The van der Waals surface area contributed by atoms with Crippen molar-refractivity contribution in [1.82, 2.24) is 0 Å². The number of ether oxygens (including phenoxy) is 1. The molecule has 1 saturated heterocycles. The molecule has 1 aliphatic rings. The van der Waals surface area contributed by atoms with E-state index in [0.29, 0.717) is 6.54 Å². The summed E-state index contributed by atoms with van der Waals surface area (Å²) in [5.41, 5.74) is 1.88. The van der Waals surface area contributed by atoms with Gasteiger partial charge in [-0.2, -0.15) is 0 Å². The lowest BCUT2D eigenvalue weighted by atomic mass is 10.1. The van der Waals surface area contributed by atoms with Crippen molar-refractivity contribution in [1.29, 1.82) is 0 Å². The van der Waals surface area contributed by atoms with Crippen molar-refractivity contribution in [3.05, 3.63) is 28.2 Å². The van der Waals surface area contributed by atoms with Crippen LogP contribution in [0.4, 0.5) is 5.69 Å². The molecule has 1 aliphatic heterocycles. The molecule has 5 heteroatoms. The minimum absolute atomic E-state index is 0.0447. The monoisotopic (exact) mass is 311 g/mol. The van der Waals surface area contributed by atoms with E-state index in [9.17, 15) is 9.59 Å². The van der Waals surface area contributed by atoms with Crippen LogP contribution in [0.3, 0.4) is 0 Å². The Balaban J connectivity index is 2.27. The first kappa shape index (κ1) is 13.1. The molecule has 0 N–H and O–H groups in total. The predicted molar refractivity (Wildman–Crippen MR) is 71.4 cm³/mol. The van der Waals surface area contributed by atoms with Gasteiger partial charge < -0.3 is 9.64 Å². The maximum Gasteiger partial charge on any atom is 0.311 e. The van der Waals surface area contributed by atoms with Crippen molar-refractivity contribution in [2.75, 3.05) is 18.6 Å².